The number of aliphatic hydroxyl groups is 1. The Labute approximate surface area is 121 Å². The van der Waals surface area contributed by atoms with Crippen LogP contribution in [0.1, 0.15) is 18.5 Å². The second-order valence-corrected chi connectivity index (χ2v) is 4.31. The topological polar surface area (TPSA) is 67.2 Å². The van der Waals surface area contributed by atoms with Gasteiger partial charge in [0.2, 0.25) is 5.91 Å². The quantitative estimate of drug-likeness (QED) is 0.842. The van der Waals surface area contributed by atoms with E-state index in [1.54, 1.807) is 31.5 Å². The highest BCUT2D eigenvalue weighted by Gasteiger charge is 2.15. The summed E-state index contributed by atoms with van der Waals surface area (Å²) < 4.78 is 15.3. The second kappa shape index (κ2) is 6.68. The smallest absolute Gasteiger partial charge is 0.248 e. The molecule has 21 heavy (non-hydrogen) atoms. The van der Waals surface area contributed by atoms with Crippen molar-refractivity contribution in [2.45, 2.75) is 13.0 Å². The molecule has 0 aliphatic rings. The maximum absolute atomic E-state index is 13.7. The average molecular weight is 287 g/mol. The first-order valence-corrected chi connectivity index (χ1v) is 6.31. The standard InChI is InChI=1S/C15H14FN3O2/c1-11(19-8-3-7-17-19)15(21)18-13-6-5-12(4-2-9-20)14(16)10-13/h3,5-8,10-11,20H,9H2,1H3,(H,18,21). The SMILES string of the molecule is CC(C(=O)Nc1ccc(C#CCO)c(F)c1)n1cccn1. The number of nitrogens with zero attached hydrogens (tertiary/aromatic N) is 2. The molecule has 0 saturated carbocycles. The van der Waals surface area contributed by atoms with Gasteiger partial charge in [-0.2, -0.15) is 5.10 Å². The highest BCUT2D eigenvalue weighted by Crippen LogP contribution is 2.15. The molecule has 0 fully saturated rings. The largest absolute Gasteiger partial charge is 0.384 e. The van der Waals surface area contributed by atoms with E-state index in [1.165, 1.54) is 16.8 Å². The molecule has 0 aliphatic heterocycles. The predicted octanol–water partition coefficient (Wildman–Crippen LogP) is 1.57. The fourth-order valence-corrected chi connectivity index (χ4v) is 1.71. The summed E-state index contributed by atoms with van der Waals surface area (Å²) in [5.74, 6) is 4.00. The maximum Gasteiger partial charge on any atom is 0.248 e. The molecule has 0 radical (unpaired) electrons. The number of aromatic nitrogens is 2. The van der Waals surface area contributed by atoms with Crippen molar-refractivity contribution in [2.24, 2.45) is 0 Å². The van der Waals surface area contributed by atoms with E-state index >= 15 is 0 Å². The highest BCUT2D eigenvalue weighted by molar-refractivity contribution is 5.93. The number of halogens is 1. The number of rotatable bonds is 3. The molecular weight excluding hydrogens is 273 g/mol. The van der Waals surface area contributed by atoms with Gasteiger partial charge in [0, 0.05) is 18.1 Å². The van der Waals surface area contributed by atoms with Crippen molar-refractivity contribution >= 4 is 11.6 Å². The van der Waals surface area contributed by atoms with Gasteiger partial charge < -0.3 is 10.4 Å². The molecule has 2 N–H and O–H groups in total. The van der Waals surface area contributed by atoms with Gasteiger partial charge in [-0.15, -0.1) is 0 Å². The Morgan fingerprint density at radius 3 is 3.00 bits per heavy atom. The molecule has 6 heteroatoms. The Morgan fingerprint density at radius 2 is 2.38 bits per heavy atom. The van der Waals surface area contributed by atoms with Crippen molar-refractivity contribution in [2.75, 3.05) is 11.9 Å². The molecule has 108 valence electrons. The lowest BCUT2D eigenvalue weighted by Gasteiger charge is -2.12. The molecule has 1 aromatic carbocycles. The molecule has 1 atom stereocenters. The van der Waals surface area contributed by atoms with E-state index in [9.17, 15) is 9.18 Å². The normalized spacial score (nSPS) is 11.4. The number of aliphatic hydroxyl groups excluding tert-OH is 1. The lowest BCUT2D eigenvalue weighted by Crippen LogP contribution is -2.24. The summed E-state index contributed by atoms with van der Waals surface area (Å²) in [6.07, 6.45) is 3.26. The lowest BCUT2D eigenvalue weighted by atomic mass is 10.2. The monoisotopic (exact) mass is 287 g/mol. The van der Waals surface area contributed by atoms with Gasteiger partial charge in [0.15, 0.2) is 0 Å². The zero-order valence-electron chi connectivity index (χ0n) is 11.4. The minimum absolute atomic E-state index is 0.169. The van der Waals surface area contributed by atoms with Crippen LogP contribution in [0.3, 0.4) is 0 Å². The van der Waals surface area contributed by atoms with Crippen LogP contribution in [0.15, 0.2) is 36.7 Å². The van der Waals surface area contributed by atoms with Crippen LogP contribution < -0.4 is 5.32 Å². The van der Waals surface area contributed by atoms with Crippen molar-refractivity contribution in [1.82, 2.24) is 9.78 Å². The van der Waals surface area contributed by atoms with Gasteiger partial charge in [0.25, 0.3) is 0 Å². The van der Waals surface area contributed by atoms with E-state index in [0.29, 0.717) is 5.69 Å². The summed E-state index contributed by atoms with van der Waals surface area (Å²) in [5.41, 5.74) is 0.508. The van der Waals surface area contributed by atoms with E-state index in [2.05, 4.69) is 22.3 Å². The third kappa shape index (κ3) is 3.68. The third-order valence-electron chi connectivity index (χ3n) is 2.84. The molecule has 1 unspecified atom stereocenters. The Morgan fingerprint density at radius 1 is 1.57 bits per heavy atom. The van der Waals surface area contributed by atoms with Crippen LogP contribution in [-0.4, -0.2) is 27.4 Å². The van der Waals surface area contributed by atoms with E-state index in [-0.39, 0.29) is 18.1 Å². The van der Waals surface area contributed by atoms with Gasteiger partial charge in [0.05, 0.1) is 5.56 Å². The fraction of sp³-hybridized carbons (Fsp3) is 0.200. The molecule has 0 spiro atoms. The number of carbonyl (C=O) groups is 1. The van der Waals surface area contributed by atoms with Crippen LogP contribution >= 0.6 is 0 Å². The van der Waals surface area contributed by atoms with E-state index in [1.807, 2.05) is 0 Å². The number of nitrogens with one attached hydrogen (secondary N) is 1. The molecule has 1 amide bonds. The molecule has 1 aromatic heterocycles. The zero-order chi connectivity index (χ0) is 15.2. The first-order valence-electron chi connectivity index (χ1n) is 6.31. The van der Waals surface area contributed by atoms with Crippen molar-refractivity contribution in [3.63, 3.8) is 0 Å². The summed E-state index contributed by atoms with van der Waals surface area (Å²) in [6, 6.07) is 5.41. The summed E-state index contributed by atoms with van der Waals surface area (Å²) in [6.45, 7) is 1.36. The van der Waals surface area contributed by atoms with Crippen molar-refractivity contribution in [1.29, 1.82) is 0 Å². The first-order chi connectivity index (χ1) is 10.1. The summed E-state index contributed by atoms with van der Waals surface area (Å²) in [5, 5.41) is 15.2. The van der Waals surface area contributed by atoms with E-state index < -0.39 is 11.9 Å². The van der Waals surface area contributed by atoms with E-state index in [4.69, 9.17) is 5.11 Å². The minimum atomic E-state index is -0.555. The average Bonchev–Trinajstić information content (AvgIpc) is 2.99. The number of hydrogen-bond acceptors (Lipinski definition) is 3. The molecule has 0 bridgehead atoms. The molecular formula is C15H14FN3O2. The van der Waals surface area contributed by atoms with E-state index in [0.717, 1.165) is 0 Å². The van der Waals surface area contributed by atoms with Gasteiger partial charge in [-0.1, -0.05) is 11.8 Å². The van der Waals surface area contributed by atoms with Gasteiger partial charge in [-0.05, 0) is 31.2 Å². The lowest BCUT2D eigenvalue weighted by molar-refractivity contribution is -0.119. The summed E-state index contributed by atoms with van der Waals surface area (Å²) in [7, 11) is 0. The van der Waals surface area contributed by atoms with Crippen molar-refractivity contribution in [3.05, 3.63) is 48.0 Å². The zero-order valence-corrected chi connectivity index (χ0v) is 11.4. The van der Waals surface area contributed by atoms with Gasteiger partial charge in [0.1, 0.15) is 18.5 Å². The number of amides is 1. The van der Waals surface area contributed by atoms with Crippen LogP contribution in [0, 0.1) is 17.7 Å². The Kier molecular flexibility index (Phi) is 4.69. The van der Waals surface area contributed by atoms with Gasteiger partial charge >= 0.3 is 0 Å². The van der Waals surface area contributed by atoms with Crippen LogP contribution in [-0.2, 0) is 4.79 Å². The number of carbonyl (C=O) groups excluding carboxylic acids is 1. The Balaban J connectivity index is 2.09. The molecule has 0 aliphatic carbocycles. The summed E-state index contributed by atoms with van der Waals surface area (Å²) >= 11 is 0. The second-order valence-electron chi connectivity index (χ2n) is 4.31. The third-order valence-corrected chi connectivity index (χ3v) is 2.84. The molecule has 2 rings (SSSR count). The van der Waals surface area contributed by atoms with Gasteiger partial charge in [-0.3, -0.25) is 9.48 Å². The summed E-state index contributed by atoms with van der Waals surface area (Å²) in [4.78, 5) is 12.0. The molecule has 1 heterocycles. The highest BCUT2D eigenvalue weighted by atomic mass is 19.1. The fourth-order valence-electron chi connectivity index (χ4n) is 1.71. The molecule has 5 nitrogen and oxygen atoms in total. The number of hydrogen-bond donors (Lipinski definition) is 2. The van der Waals surface area contributed by atoms with Crippen molar-refractivity contribution in [3.8, 4) is 11.8 Å². The Hall–Kier alpha value is -2.65. The molecule has 0 saturated heterocycles. The van der Waals surface area contributed by atoms with Crippen LogP contribution in [0.5, 0.6) is 0 Å². The maximum atomic E-state index is 13.7. The van der Waals surface area contributed by atoms with Crippen molar-refractivity contribution < 1.29 is 14.3 Å². The number of benzene rings is 1. The number of anilines is 1. The van der Waals surface area contributed by atoms with Crippen LogP contribution in [0.2, 0.25) is 0 Å². The van der Waals surface area contributed by atoms with Crippen LogP contribution in [0.4, 0.5) is 10.1 Å². The predicted molar refractivity (Wildman–Crippen MR) is 75.9 cm³/mol. The Bertz CT molecular complexity index is 687. The minimum Gasteiger partial charge on any atom is -0.384 e. The molecule has 2 aromatic rings. The van der Waals surface area contributed by atoms with Crippen LogP contribution in [0.25, 0.3) is 0 Å². The first kappa shape index (κ1) is 14.8. The van der Waals surface area contributed by atoms with Gasteiger partial charge in [-0.25, -0.2) is 4.39 Å².